The van der Waals surface area contributed by atoms with Crippen molar-refractivity contribution in [3.8, 4) is 5.69 Å². The van der Waals surface area contributed by atoms with Gasteiger partial charge in [-0.05, 0) is 18.7 Å². The fourth-order valence-corrected chi connectivity index (χ4v) is 1.63. The third-order valence-electron chi connectivity index (χ3n) is 2.47. The number of rotatable bonds is 4. The third kappa shape index (κ3) is 2.34. The van der Waals surface area contributed by atoms with Crippen molar-refractivity contribution in [1.82, 2.24) is 9.55 Å². The fraction of sp³-hybridized carbons (Fsp3) is 0.167. The Labute approximate surface area is 97.9 Å². The highest BCUT2D eigenvalue weighted by Crippen LogP contribution is 2.10. The van der Waals surface area contributed by atoms with Crippen LogP contribution in [0.3, 0.4) is 0 Å². The first-order valence-corrected chi connectivity index (χ1v) is 5.32. The molecule has 0 aliphatic rings. The van der Waals surface area contributed by atoms with E-state index in [0.717, 1.165) is 0 Å². The van der Waals surface area contributed by atoms with Crippen LogP contribution in [0.4, 0.5) is 0 Å². The summed E-state index contributed by atoms with van der Waals surface area (Å²) in [4.78, 5) is 25.6. The first kappa shape index (κ1) is 11.3. The molecule has 0 aliphatic heterocycles. The highest BCUT2D eigenvalue weighted by Gasteiger charge is 2.06. The average Bonchev–Trinajstić information content (AvgIpc) is 2.76. The molecule has 1 aromatic heterocycles. The number of hydrogen-bond acceptors (Lipinski definition) is 3. The molecule has 0 saturated heterocycles. The van der Waals surface area contributed by atoms with Crippen LogP contribution in [0.1, 0.15) is 16.8 Å². The Bertz CT molecular complexity index is 583. The number of Topliss-reactive ketones (excluding diaryl/α,β-unsaturated/α-hetero) is 1. The van der Waals surface area contributed by atoms with Crippen LogP contribution >= 0.6 is 0 Å². The second kappa shape index (κ2) is 4.80. The maximum atomic E-state index is 11.7. The smallest absolute Gasteiger partial charge is 0.330 e. The summed E-state index contributed by atoms with van der Waals surface area (Å²) in [5.41, 5.74) is 6.35. The zero-order chi connectivity index (χ0) is 12.3. The van der Waals surface area contributed by atoms with Crippen molar-refractivity contribution >= 4 is 5.78 Å². The number of benzene rings is 1. The lowest BCUT2D eigenvalue weighted by Gasteiger charge is -2.04. The molecule has 17 heavy (non-hydrogen) atoms. The summed E-state index contributed by atoms with van der Waals surface area (Å²) in [7, 11) is 0. The van der Waals surface area contributed by atoms with Crippen molar-refractivity contribution in [2.75, 3.05) is 6.54 Å². The lowest BCUT2D eigenvalue weighted by atomic mass is 10.1. The first-order valence-electron chi connectivity index (χ1n) is 5.32. The van der Waals surface area contributed by atoms with Gasteiger partial charge < -0.3 is 10.7 Å². The fourth-order valence-electron chi connectivity index (χ4n) is 1.63. The molecule has 0 amide bonds. The predicted molar refractivity (Wildman–Crippen MR) is 64.4 cm³/mol. The van der Waals surface area contributed by atoms with Gasteiger partial charge in [0, 0.05) is 24.4 Å². The Kier molecular flexibility index (Phi) is 3.20. The van der Waals surface area contributed by atoms with E-state index in [9.17, 15) is 9.59 Å². The molecule has 0 bridgehead atoms. The van der Waals surface area contributed by atoms with Crippen LogP contribution in [0.25, 0.3) is 5.69 Å². The lowest BCUT2D eigenvalue weighted by Crippen LogP contribution is -2.15. The number of H-pyrrole nitrogens is 1. The van der Waals surface area contributed by atoms with E-state index in [4.69, 9.17) is 5.73 Å². The van der Waals surface area contributed by atoms with Crippen molar-refractivity contribution < 1.29 is 4.79 Å². The summed E-state index contributed by atoms with van der Waals surface area (Å²) >= 11 is 0. The van der Waals surface area contributed by atoms with Gasteiger partial charge in [-0.3, -0.25) is 9.36 Å². The molecule has 2 aromatic rings. The maximum absolute atomic E-state index is 11.7. The number of carbonyl (C=O) groups excluding carboxylic acids is 1. The number of nitrogens with two attached hydrogens (primary N) is 1. The summed E-state index contributed by atoms with van der Waals surface area (Å²) in [5, 5.41) is 0. The second-order valence-electron chi connectivity index (χ2n) is 3.65. The molecule has 5 nitrogen and oxygen atoms in total. The molecule has 0 aliphatic carbocycles. The minimum atomic E-state index is -0.228. The molecule has 0 saturated carbocycles. The number of nitrogens with zero attached hydrogens (tertiary/aromatic N) is 1. The van der Waals surface area contributed by atoms with E-state index in [1.165, 1.54) is 4.57 Å². The van der Waals surface area contributed by atoms with Gasteiger partial charge in [0.15, 0.2) is 5.78 Å². The van der Waals surface area contributed by atoms with Crippen molar-refractivity contribution in [3.63, 3.8) is 0 Å². The molecule has 0 spiro atoms. The molecular weight excluding hydrogens is 218 g/mol. The molecule has 88 valence electrons. The highest BCUT2D eigenvalue weighted by atomic mass is 16.1. The highest BCUT2D eigenvalue weighted by molar-refractivity contribution is 5.96. The van der Waals surface area contributed by atoms with Gasteiger partial charge >= 0.3 is 5.69 Å². The summed E-state index contributed by atoms with van der Waals surface area (Å²) in [5.74, 6) is -0.0158. The molecule has 0 atom stereocenters. The van der Waals surface area contributed by atoms with Gasteiger partial charge in [-0.1, -0.05) is 12.1 Å². The molecule has 2 rings (SSSR count). The number of ketones is 1. The summed E-state index contributed by atoms with van der Waals surface area (Å²) in [6.07, 6.45) is 3.48. The Morgan fingerprint density at radius 1 is 1.41 bits per heavy atom. The zero-order valence-electron chi connectivity index (χ0n) is 9.22. The first-order chi connectivity index (χ1) is 8.22. The molecule has 0 radical (unpaired) electrons. The number of imidazole rings is 1. The van der Waals surface area contributed by atoms with E-state index in [1.807, 2.05) is 0 Å². The van der Waals surface area contributed by atoms with Gasteiger partial charge in [0.05, 0.1) is 5.69 Å². The summed E-state index contributed by atoms with van der Waals surface area (Å²) < 4.78 is 1.44. The molecular formula is C12H13N3O2. The van der Waals surface area contributed by atoms with E-state index in [1.54, 1.807) is 36.7 Å². The minimum absolute atomic E-state index is 0.0158. The Morgan fingerprint density at radius 3 is 2.88 bits per heavy atom. The third-order valence-corrected chi connectivity index (χ3v) is 2.47. The van der Waals surface area contributed by atoms with E-state index >= 15 is 0 Å². The minimum Gasteiger partial charge on any atom is -0.330 e. The van der Waals surface area contributed by atoms with Crippen LogP contribution in [-0.2, 0) is 0 Å². The van der Waals surface area contributed by atoms with Crippen LogP contribution in [-0.4, -0.2) is 21.9 Å². The number of aromatic nitrogens is 2. The molecule has 3 N–H and O–H groups in total. The average molecular weight is 231 g/mol. The number of aromatic amines is 1. The zero-order valence-corrected chi connectivity index (χ0v) is 9.22. The van der Waals surface area contributed by atoms with Gasteiger partial charge in [-0.15, -0.1) is 0 Å². The largest absolute Gasteiger partial charge is 0.330 e. The quantitative estimate of drug-likeness (QED) is 0.760. The van der Waals surface area contributed by atoms with E-state index in [2.05, 4.69) is 4.98 Å². The van der Waals surface area contributed by atoms with Crippen molar-refractivity contribution in [2.24, 2.45) is 5.73 Å². The van der Waals surface area contributed by atoms with Gasteiger partial charge in [-0.2, -0.15) is 0 Å². The van der Waals surface area contributed by atoms with Gasteiger partial charge in [-0.25, -0.2) is 4.79 Å². The topological polar surface area (TPSA) is 80.9 Å². The Morgan fingerprint density at radius 2 is 2.24 bits per heavy atom. The van der Waals surface area contributed by atoms with Crippen LogP contribution in [0.5, 0.6) is 0 Å². The van der Waals surface area contributed by atoms with Crippen molar-refractivity contribution in [1.29, 1.82) is 0 Å². The summed E-state index contributed by atoms with van der Waals surface area (Å²) in [6.45, 7) is 0.327. The predicted octanol–water partition coefficient (Wildman–Crippen LogP) is 0.697. The monoisotopic (exact) mass is 231 g/mol. The Balaban J connectivity index is 2.39. The molecule has 5 heteroatoms. The molecule has 0 fully saturated rings. The van der Waals surface area contributed by atoms with Crippen LogP contribution in [0.15, 0.2) is 41.5 Å². The molecule has 1 heterocycles. The van der Waals surface area contributed by atoms with Gasteiger partial charge in [0.1, 0.15) is 0 Å². The van der Waals surface area contributed by atoms with Crippen LogP contribution in [0, 0.1) is 0 Å². The Hall–Kier alpha value is -2.14. The molecule has 0 unspecified atom stereocenters. The van der Waals surface area contributed by atoms with E-state index < -0.39 is 0 Å². The van der Waals surface area contributed by atoms with Gasteiger partial charge in [0.25, 0.3) is 0 Å². The molecule has 1 aromatic carbocycles. The van der Waals surface area contributed by atoms with E-state index in [-0.39, 0.29) is 11.5 Å². The standard InChI is InChI=1S/C12H13N3O2/c13-5-4-11(16)9-2-1-3-10(8-9)15-7-6-14-12(15)17/h1-3,6-8H,4-5,13H2,(H,14,17). The maximum Gasteiger partial charge on any atom is 0.330 e. The normalized spacial score (nSPS) is 10.4. The lowest BCUT2D eigenvalue weighted by molar-refractivity contribution is 0.0985. The number of hydrogen-bond donors (Lipinski definition) is 2. The number of nitrogens with one attached hydrogen (secondary N) is 1. The van der Waals surface area contributed by atoms with Crippen LogP contribution in [0.2, 0.25) is 0 Å². The summed E-state index contributed by atoms with van der Waals surface area (Å²) in [6, 6.07) is 6.93. The van der Waals surface area contributed by atoms with Crippen LogP contribution < -0.4 is 11.4 Å². The van der Waals surface area contributed by atoms with Gasteiger partial charge in [0.2, 0.25) is 0 Å². The van der Waals surface area contributed by atoms with Crippen molar-refractivity contribution in [3.05, 3.63) is 52.7 Å². The number of carbonyl (C=O) groups is 1. The second-order valence-corrected chi connectivity index (χ2v) is 3.65. The SMILES string of the molecule is NCCC(=O)c1cccc(-n2cc[nH]c2=O)c1. The van der Waals surface area contributed by atoms with Crippen molar-refractivity contribution in [2.45, 2.75) is 6.42 Å². The van der Waals surface area contributed by atoms with E-state index in [0.29, 0.717) is 24.2 Å².